The van der Waals surface area contributed by atoms with Gasteiger partial charge in [-0.2, -0.15) is 4.31 Å². The van der Waals surface area contributed by atoms with Crippen LogP contribution in [-0.4, -0.2) is 62.0 Å². The Balaban J connectivity index is 1.54. The van der Waals surface area contributed by atoms with Crippen molar-refractivity contribution >= 4 is 21.6 Å². The maximum absolute atomic E-state index is 13.4. The van der Waals surface area contributed by atoms with Crippen LogP contribution < -0.4 is 10.1 Å². The molecule has 34 heavy (non-hydrogen) atoms. The van der Waals surface area contributed by atoms with Crippen LogP contribution in [0, 0.1) is 13.8 Å². The molecule has 4 rings (SSSR count). The first kappa shape index (κ1) is 23.9. The van der Waals surface area contributed by atoms with Gasteiger partial charge in [-0.15, -0.1) is 0 Å². The average Bonchev–Trinajstić information content (AvgIpc) is 3.19. The van der Waals surface area contributed by atoms with Crippen molar-refractivity contribution in [3.63, 3.8) is 0 Å². The molecule has 3 aromatic rings. The third-order valence-electron chi connectivity index (χ3n) is 5.91. The number of carbonyl (C=O) groups excluding carboxylic acids is 1. The van der Waals surface area contributed by atoms with Gasteiger partial charge in [0.25, 0.3) is 0 Å². The van der Waals surface area contributed by atoms with E-state index in [9.17, 15) is 13.2 Å². The lowest BCUT2D eigenvalue weighted by Gasteiger charge is -2.38. The molecule has 1 aromatic heterocycles. The summed E-state index contributed by atoms with van der Waals surface area (Å²) in [7, 11) is -2.16. The van der Waals surface area contributed by atoms with Gasteiger partial charge in [-0.1, -0.05) is 41.6 Å². The fourth-order valence-corrected chi connectivity index (χ4v) is 5.96. The van der Waals surface area contributed by atoms with Gasteiger partial charge in [-0.3, -0.25) is 9.69 Å². The van der Waals surface area contributed by atoms with Gasteiger partial charge < -0.3 is 14.6 Å². The zero-order valence-electron chi connectivity index (χ0n) is 19.4. The molecule has 0 radical (unpaired) electrons. The highest BCUT2D eigenvalue weighted by Crippen LogP contribution is 2.28. The minimum atomic E-state index is -3.73. The van der Waals surface area contributed by atoms with Crippen LogP contribution in [0.25, 0.3) is 0 Å². The van der Waals surface area contributed by atoms with Crippen molar-refractivity contribution in [3.8, 4) is 5.75 Å². The van der Waals surface area contributed by atoms with Gasteiger partial charge in [-0.05, 0) is 31.5 Å². The molecule has 1 N–H and O–H groups in total. The molecule has 1 fully saturated rings. The highest BCUT2D eigenvalue weighted by Gasteiger charge is 2.36. The van der Waals surface area contributed by atoms with Crippen molar-refractivity contribution in [1.82, 2.24) is 14.4 Å². The quantitative estimate of drug-likeness (QED) is 0.550. The molecular weight excluding hydrogens is 456 g/mol. The standard InChI is InChI=1S/C24H28N4O5S/c1-17-23(18(2)33-26-17)34(30,31)28-14-12-27(13-15-28)22(19-8-5-4-6-9-19)24(29)25-20-10-7-11-21(16-20)32-3/h4-11,16,22H,12-15H2,1-3H3,(H,25,29)/t22-/m0/s1. The number of nitrogens with one attached hydrogen (secondary N) is 1. The van der Waals surface area contributed by atoms with Crippen molar-refractivity contribution in [3.05, 3.63) is 71.6 Å². The zero-order chi connectivity index (χ0) is 24.3. The van der Waals surface area contributed by atoms with Gasteiger partial charge >= 0.3 is 0 Å². The number of carbonyl (C=O) groups is 1. The fraction of sp³-hybridized carbons (Fsp3) is 0.333. The van der Waals surface area contributed by atoms with Crippen LogP contribution in [0.15, 0.2) is 64.0 Å². The minimum Gasteiger partial charge on any atom is -0.497 e. The highest BCUT2D eigenvalue weighted by atomic mass is 32.2. The molecule has 10 heteroatoms. The van der Waals surface area contributed by atoms with E-state index in [0.717, 1.165) is 5.56 Å². The SMILES string of the molecule is COc1cccc(NC(=O)[C@H](c2ccccc2)N2CCN(S(=O)(=O)c3c(C)noc3C)CC2)c1. The first-order valence-corrected chi connectivity index (χ1v) is 12.4. The van der Waals surface area contributed by atoms with Gasteiger partial charge in [0.05, 0.1) is 7.11 Å². The van der Waals surface area contributed by atoms with Crippen molar-refractivity contribution in [2.45, 2.75) is 24.8 Å². The number of ether oxygens (including phenoxy) is 1. The summed E-state index contributed by atoms with van der Waals surface area (Å²) in [4.78, 5) is 15.5. The Morgan fingerprint density at radius 2 is 1.76 bits per heavy atom. The zero-order valence-corrected chi connectivity index (χ0v) is 20.2. The normalized spacial score (nSPS) is 16.2. The van der Waals surface area contributed by atoms with Crippen LogP contribution in [0.4, 0.5) is 5.69 Å². The Kier molecular flexibility index (Phi) is 7.01. The van der Waals surface area contributed by atoms with Gasteiger partial charge in [-0.25, -0.2) is 8.42 Å². The predicted molar refractivity (Wildman–Crippen MR) is 127 cm³/mol. The maximum Gasteiger partial charge on any atom is 0.248 e. The molecule has 1 aliphatic heterocycles. The number of sulfonamides is 1. The number of hydrogen-bond donors (Lipinski definition) is 1. The number of nitrogens with zero attached hydrogens (tertiary/aromatic N) is 3. The number of anilines is 1. The van der Waals surface area contributed by atoms with Crippen LogP contribution in [0.3, 0.4) is 0 Å². The number of amides is 1. The smallest absolute Gasteiger partial charge is 0.248 e. The molecule has 2 aromatic carbocycles. The van der Waals surface area contributed by atoms with E-state index >= 15 is 0 Å². The Bertz CT molecular complexity index is 1230. The van der Waals surface area contributed by atoms with Crippen molar-refractivity contribution in [2.24, 2.45) is 0 Å². The largest absolute Gasteiger partial charge is 0.497 e. The molecule has 2 heterocycles. The summed E-state index contributed by atoms with van der Waals surface area (Å²) in [6.45, 7) is 4.51. The lowest BCUT2D eigenvalue weighted by atomic mass is 10.0. The summed E-state index contributed by atoms with van der Waals surface area (Å²) < 4.78 is 38.1. The molecule has 0 bridgehead atoms. The lowest BCUT2D eigenvalue weighted by Crippen LogP contribution is -2.51. The number of methoxy groups -OCH3 is 1. The van der Waals surface area contributed by atoms with Crippen molar-refractivity contribution in [2.75, 3.05) is 38.6 Å². The number of aryl methyl sites for hydroxylation is 2. The van der Waals surface area contributed by atoms with Crippen LogP contribution in [0.2, 0.25) is 0 Å². The second-order valence-corrected chi connectivity index (χ2v) is 10.0. The first-order valence-electron chi connectivity index (χ1n) is 11.0. The van der Waals surface area contributed by atoms with Gasteiger partial charge in [0, 0.05) is 37.9 Å². The molecule has 0 spiro atoms. The summed E-state index contributed by atoms with van der Waals surface area (Å²) in [5, 5.41) is 6.76. The van der Waals surface area contributed by atoms with Gasteiger partial charge in [0.2, 0.25) is 15.9 Å². The summed E-state index contributed by atoms with van der Waals surface area (Å²) in [5.74, 6) is 0.730. The summed E-state index contributed by atoms with van der Waals surface area (Å²) >= 11 is 0. The summed E-state index contributed by atoms with van der Waals surface area (Å²) in [6.07, 6.45) is 0. The summed E-state index contributed by atoms with van der Waals surface area (Å²) in [6, 6.07) is 16.1. The molecular formula is C24H28N4O5S. The van der Waals surface area contributed by atoms with E-state index in [-0.39, 0.29) is 29.7 Å². The number of hydrogen-bond acceptors (Lipinski definition) is 7. The molecule has 1 amide bonds. The predicted octanol–water partition coefficient (Wildman–Crippen LogP) is 2.99. The Hall–Kier alpha value is -3.21. The minimum absolute atomic E-state index is 0.122. The lowest BCUT2D eigenvalue weighted by molar-refractivity contribution is -0.122. The maximum atomic E-state index is 13.4. The molecule has 0 saturated carbocycles. The van der Waals surface area contributed by atoms with Crippen LogP contribution in [0.5, 0.6) is 5.75 Å². The second kappa shape index (κ2) is 9.96. The fourth-order valence-electron chi connectivity index (χ4n) is 4.25. The van der Waals surface area contributed by atoms with E-state index in [1.165, 1.54) is 4.31 Å². The Labute approximate surface area is 199 Å². The monoisotopic (exact) mass is 484 g/mol. The molecule has 1 aliphatic rings. The molecule has 180 valence electrons. The van der Waals surface area contributed by atoms with E-state index in [2.05, 4.69) is 10.5 Å². The number of piperazine rings is 1. The highest BCUT2D eigenvalue weighted by molar-refractivity contribution is 7.89. The van der Waals surface area contributed by atoms with E-state index in [1.807, 2.05) is 47.4 Å². The molecule has 9 nitrogen and oxygen atoms in total. The van der Waals surface area contributed by atoms with Crippen LogP contribution in [-0.2, 0) is 14.8 Å². The molecule has 1 atom stereocenters. The van der Waals surface area contributed by atoms with Gasteiger partial charge in [0.15, 0.2) is 5.76 Å². The van der Waals surface area contributed by atoms with Crippen LogP contribution in [0.1, 0.15) is 23.1 Å². The third kappa shape index (κ3) is 4.84. The van der Waals surface area contributed by atoms with E-state index in [1.54, 1.807) is 33.1 Å². The number of aromatic nitrogens is 1. The van der Waals surface area contributed by atoms with Crippen molar-refractivity contribution < 1.29 is 22.5 Å². The summed E-state index contributed by atoms with van der Waals surface area (Å²) in [5.41, 5.74) is 1.81. The van der Waals surface area contributed by atoms with E-state index < -0.39 is 16.1 Å². The number of rotatable bonds is 7. The van der Waals surface area contributed by atoms with E-state index in [4.69, 9.17) is 9.26 Å². The average molecular weight is 485 g/mol. The molecule has 1 saturated heterocycles. The first-order chi connectivity index (χ1) is 16.3. The topological polar surface area (TPSA) is 105 Å². The molecule has 0 unspecified atom stereocenters. The van der Waals surface area contributed by atoms with Crippen LogP contribution >= 0.6 is 0 Å². The van der Waals surface area contributed by atoms with E-state index in [0.29, 0.717) is 30.2 Å². The second-order valence-electron chi connectivity index (χ2n) is 8.13. The molecule has 0 aliphatic carbocycles. The Morgan fingerprint density at radius 3 is 2.38 bits per heavy atom. The van der Waals surface area contributed by atoms with Gasteiger partial charge in [0.1, 0.15) is 22.4 Å². The Morgan fingerprint density at radius 1 is 1.06 bits per heavy atom. The third-order valence-corrected chi connectivity index (χ3v) is 8.05. The number of benzene rings is 2. The van der Waals surface area contributed by atoms with Crippen molar-refractivity contribution in [1.29, 1.82) is 0 Å².